The van der Waals surface area contributed by atoms with E-state index >= 15 is 0 Å². The highest BCUT2D eigenvalue weighted by atomic mass is 127. The van der Waals surface area contributed by atoms with Crippen LogP contribution in [0.4, 0.5) is 13.2 Å². The third kappa shape index (κ3) is 7.82. The zero-order valence-corrected chi connectivity index (χ0v) is 18.0. The average molecular weight is 500 g/mol. The number of nitrogens with zero attached hydrogens (tertiary/aromatic N) is 2. The Morgan fingerprint density at radius 1 is 1.26 bits per heavy atom. The lowest BCUT2D eigenvalue weighted by molar-refractivity contribution is -0.137. The van der Waals surface area contributed by atoms with Gasteiger partial charge < -0.3 is 15.4 Å². The van der Waals surface area contributed by atoms with E-state index in [0.717, 1.165) is 50.4 Å². The van der Waals surface area contributed by atoms with E-state index in [0.29, 0.717) is 18.5 Å². The fraction of sp³-hybridized carbons (Fsp3) is 0.611. The number of alkyl halides is 3. The van der Waals surface area contributed by atoms with E-state index in [2.05, 4.69) is 20.5 Å². The molecule has 0 aliphatic carbocycles. The highest BCUT2D eigenvalue weighted by Gasteiger charge is 2.29. The van der Waals surface area contributed by atoms with Gasteiger partial charge in [-0.1, -0.05) is 12.1 Å². The first kappa shape index (κ1) is 24.0. The number of ether oxygens (including phenoxy) is 1. The molecule has 1 aromatic carbocycles. The standard InChI is InChI=1S/C18H27F3N4O.HI/c1-22-17(24-13-16-4-3-9-25(16)10-11-26-2)23-12-14-5-7-15(8-6-14)18(19,20)21;/h5-8,16H,3-4,9-13H2,1-2H3,(H2,22,23,24);1H. The molecule has 0 aromatic heterocycles. The predicted octanol–water partition coefficient (Wildman–Crippen LogP) is 3.10. The highest BCUT2D eigenvalue weighted by molar-refractivity contribution is 14.0. The third-order valence-corrected chi connectivity index (χ3v) is 4.55. The molecule has 2 rings (SSSR count). The maximum Gasteiger partial charge on any atom is 0.416 e. The number of rotatable bonds is 7. The number of guanidine groups is 1. The van der Waals surface area contributed by atoms with Crippen molar-refractivity contribution >= 4 is 29.9 Å². The maximum atomic E-state index is 12.6. The summed E-state index contributed by atoms with van der Waals surface area (Å²) >= 11 is 0. The summed E-state index contributed by atoms with van der Waals surface area (Å²) in [5, 5.41) is 6.44. The molecule has 2 N–H and O–H groups in total. The van der Waals surface area contributed by atoms with Gasteiger partial charge in [0.15, 0.2) is 5.96 Å². The Morgan fingerprint density at radius 2 is 1.96 bits per heavy atom. The van der Waals surface area contributed by atoms with Crippen LogP contribution in [0.25, 0.3) is 0 Å². The molecular weight excluding hydrogens is 472 g/mol. The van der Waals surface area contributed by atoms with Crippen molar-refractivity contribution in [2.45, 2.75) is 31.6 Å². The van der Waals surface area contributed by atoms with Gasteiger partial charge in [0.25, 0.3) is 0 Å². The number of hydrogen-bond acceptors (Lipinski definition) is 3. The largest absolute Gasteiger partial charge is 0.416 e. The topological polar surface area (TPSA) is 48.9 Å². The summed E-state index contributed by atoms with van der Waals surface area (Å²) < 4.78 is 42.9. The van der Waals surface area contributed by atoms with E-state index in [9.17, 15) is 13.2 Å². The van der Waals surface area contributed by atoms with Gasteiger partial charge in [-0.15, -0.1) is 24.0 Å². The molecule has 27 heavy (non-hydrogen) atoms. The van der Waals surface area contributed by atoms with Crippen LogP contribution < -0.4 is 10.6 Å². The number of methoxy groups -OCH3 is 1. The minimum absolute atomic E-state index is 0. The van der Waals surface area contributed by atoms with Crippen molar-refractivity contribution in [1.82, 2.24) is 15.5 Å². The lowest BCUT2D eigenvalue weighted by Gasteiger charge is -2.25. The van der Waals surface area contributed by atoms with Gasteiger partial charge in [0.2, 0.25) is 0 Å². The fourth-order valence-electron chi connectivity index (χ4n) is 3.06. The molecule has 0 bridgehead atoms. The molecule has 154 valence electrons. The normalized spacial score (nSPS) is 18.3. The monoisotopic (exact) mass is 500 g/mol. The second-order valence-corrected chi connectivity index (χ2v) is 6.33. The van der Waals surface area contributed by atoms with E-state index in [1.165, 1.54) is 18.6 Å². The maximum absolute atomic E-state index is 12.6. The van der Waals surface area contributed by atoms with Crippen LogP contribution in [0, 0.1) is 0 Å². The summed E-state index contributed by atoms with van der Waals surface area (Å²) in [6.45, 7) is 3.90. The van der Waals surface area contributed by atoms with Crippen LogP contribution in [0.1, 0.15) is 24.0 Å². The Bertz CT molecular complexity index is 581. The fourth-order valence-corrected chi connectivity index (χ4v) is 3.06. The van der Waals surface area contributed by atoms with Crippen molar-refractivity contribution in [3.05, 3.63) is 35.4 Å². The van der Waals surface area contributed by atoms with Crippen LogP contribution in [0.2, 0.25) is 0 Å². The van der Waals surface area contributed by atoms with Crippen LogP contribution in [0.15, 0.2) is 29.3 Å². The van der Waals surface area contributed by atoms with Crippen LogP contribution in [-0.4, -0.2) is 57.3 Å². The SMILES string of the molecule is CN=C(NCc1ccc(C(F)(F)F)cc1)NCC1CCCN1CCOC.I. The molecule has 0 amide bonds. The van der Waals surface area contributed by atoms with Crippen molar-refractivity contribution in [2.24, 2.45) is 4.99 Å². The molecule has 1 aromatic rings. The molecule has 1 unspecified atom stereocenters. The van der Waals surface area contributed by atoms with E-state index in [-0.39, 0.29) is 24.0 Å². The van der Waals surface area contributed by atoms with Gasteiger partial charge in [0, 0.05) is 39.8 Å². The molecule has 1 fully saturated rings. The summed E-state index contributed by atoms with van der Waals surface area (Å²) in [4.78, 5) is 6.58. The first-order chi connectivity index (χ1) is 12.4. The second-order valence-electron chi connectivity index (χ2n) is 6.33. The highest BCUT2D eigenvalue weighted by Crippen LogP contribution is 2.29. The van der Waals surface area contributed by atoms with Gasteiger partial charge in [-0.3, -0.25) is 9.89 Å². The lowest BCUT2D eigenvalue weighted by Crippen LogP contribution is -2.45. The summed E-state index contributed by atoms with van der Waals surface area (Å²) in [6, 6.07) is 5.59. The smallest absolute Gasteiger partial charge is 0.383 e. The molecule has 0 spiro atoms. The second kappa shape index (κ2) is 11.7. The third-order valence-electron chi connectivity index (χ3n) is 4.55. The van der Waals surface area contributed by atoms with Crippen LogP contribution in [0.3, 0.4) is 0 Å². The molecular formula is C18H28F3IN4O. The van der Waals surface area contributed by atoms with Crippen molar-refractivity contribution in [2.75, 3.05) is 40.4 Å². The van der Waals surface area contributed by atoms with Crippen LogP contribution in [0.5, 0.6) is 0 Å². The summed E-state index contributed by atoms with van der Waals surface area (Å²) in [5.41, 5.74) is 0.129. The Hall–Kier alpha value is -1.07. The number of halogens is 4. The van der Waals surface area contributed by atoms with E-state index < -0.39 is 11.7 Å². The van der Waals surface area contributed by atoms with Crippen molar-refractivity contribution in [3.63, 3.8) is 0 Å². The Kier molecular flexibility index (Phi) is 10.4. The predicted molar refractivity (Wildman–Crippen MR) is 112 cm³/mol. The summed E-state index contributed by atoms with van der Waals surface area (Å²) in [7, 11) is 3.38. The number of aliphatic imine (C=N–C) groups is 1. The molecule has 1 aliphatic heterocycles. The van der Waals surface area contributed by atoms with Crippen molar-refractivity contribution < 1.29 is 17.9 Å². The Morgan fingerprint density at radius 3 is 2.56 bits per heavy atom. The summed E-state index contributed by atoms with van der Waals surface area (Å²) in [6.07, 6.45) is -2.00. The van der Waals surface area contributed by atoms with Crippen LogP contribution in [-0.2, 0) is 17.5 Å². The van der Waals surface area contributed by atoms with Gasteiger partial charge >= 0.3 is 6.18 Å². The molecule has 1 heterocycles. The minimum atomic E-state index is -4.31. The summed E-state index contributed by atoms with van der Waals surface area (Å²) in [5.74, 6) is 0.642. The number of benzene rings is 1. The molecule has 9 heteroatoms. The van der Waals surface area contributed by atoms with E-state index in [1.807, 2.05) is 0 Å². The first-order valence-corrected chi connectivity index (χ1v) is 8.77. The zero-order valence-electron chi connectivity index (χ0n) is 15.7. The van der Waals surface area contributed by atoms with Gasteiger partial charge in [-0.25, -0.2) is 0 Å². The van der Waals surface area contributed by atoms with Gasteiger partial charge in [0.05, 0.1) is 12.2 Å². The molecule has 1 atom stereocenters. The van der Waals surface area contributed by atoms with Crippen LogP contribution >= 0.6 is 24.0 Å². The van der Waals surface area contributed by atoms with Gasteiger partial charge in [-0.05, 0) is 37.1 Å². The average Bonchev–Trinajstić information content (AvgIpc) is 3.07. The minimum Gasteiger partial charge on any atom is -0.383 e. The van der Waals surface area contributed by atoms with Crippen molar-refractivity contribution in [1.29, 1.82) is 0 Å². The number of hydrogen-bond donors (Lipinski definition) is 2. The Balaban J connectivity index is 0.00000364. The molecule has 1 saturated heterocycles. The molecule has 5 nitrogen and oxygen atoms in total. The van der Waals surface area contributed by atoms with E-state index in [1.54, 1.807) is 14.2 Å². The molecule has 0 saturated carbocycles. The number of nitrogens with one attached hydrogen (secondary N) is 2. The Labute approximate surface area is 175 Å². The van der Waals surface area contributed by atoms with Gasteiger partial charge in [0.1, 0.15) is 0 Å². The van der Waals surface area contributed by atoms with E-state index in [4.69, 9.17) is 4.74 Å². The number of likely N-dealkylation sites (tertiary alicyclic amines) is 1. The lowest BCUT2D eigenvalue weighted by atomic mass is 10.1. The quantitative estimate of drug-likeness (QED) is 0.344. The van der Waals surface area contributed by atoms with Gasteiger partial charge in [-0.2, -0.15) is 13.2 Å². The first-order valence-electron chi connectivity index (χ1n) is 8.77. The zero-order chi connectivity index (χ0) is 19.0. The molecule has 1 aliphatic rings. The molecule has 0 radical (unpaired) electrons. The van der Waals surface area contributed by atoms with Crippen molar-refractivity contribution in [3.8, 4) is 0 Å².